The number of benzene rings is 2. The Morgan fingerprint density at radius 1 is 1.12 bits per heavy atom. The number of aromatic carboxylic acids is 1. The van der Waals surface area contributed by atoms with Crippen LogP contribution in [0.25, 0.3) is 0 Å². The van der Waals surface area contributed by atoms with E-state index < -0.39 is 11.9 Å². The van der Waals surface area contributed by atoms with Crippen molar-refractivity contribution in [3.05, 3.63) is 71.3 Å². The number of hydrogen-bond donors (Lipinski definition) is 2. The molecule has 0 unspecified atom stereocenters. The molecule has 5 nitrogen and oxygen atoms in total. The Labute approximate surface area is 140 Å². The number of carbonyl (C=O) groups excluding carboxylic acids is 1. The summed E-state index contributed by atoms with van der Waals surface area (Å²) in [5, 5.41) is 12.0. The monoisotopic (exact) mass is 325 g/mol. The summed E-state index contributed by atoms with van der Waals surface area (Å²) in [6.45, 7) is 4.11. The van der Waals surface area contributed by atoms with Crippen LogP contribution in [-0.2, 0) is 0 Å². The van der Waals surface area contributed by atoms with E-state index in [-0.39, 0.29) is 11.3 Å². The molecule has 0 spiro atoms. The van der Waals surface area contributed by atoms with Gasteiger partial charge in [-0.15, -0.1) is 0 Å². The molecule has 24 heavy (non-hydrogen) atoms. The van der Waals surface area contributed by atoms with Gasteiger partial charge in [-0.2, -0.15) is 0 Å². The fourth-order valence-electron chi connectivity index (χ4n) is 2.01. The number of carboxylic acids is 1. The molecule has 2 aromatic carbocycles. The second-order valence-corrected chi connectivity index (χ2v) is 5.23. The molecule has 0 aliphatic carbocycles. The zero-order valence-electron chi connectivity index (χ0n) is 13.6. The molecule has 0 aliphatic rings. The third-order valence-corrected chi connectivity index (χ3v) is 3.48. The molecule has 2 N–H and O–H groups in total. The fraction of sp³-hybridized carbons (Fsp3) is 0.158. The van der Waals surface area contributed by atoms with E-state index in [4.69, 9.17) is 4.74 Å². The molecule has 0 saturated heterocycles. The predicted octanol–water partition coefficient (Wildman–Crippen LogP) is 3.98. The maximum Gasteiger partial charge on any atom is 0.337 e. The normalized spacial score (nSPS) is 11.0. The molecular weight excluding hydrogens is 306 g/mol. The number of carboxylic acid groups (broad SMARTS) is 1. The van der Waals surface area contributed by atoms with Crippen LogP contribution >= 0.6 is 0 Å². The summed E-state index contributed by atoms with van der Waals surface area (Å²) in [7, 11) is 0. The molecular formula is C19H19NO4. The number of carbonyl (C=O) groups is 2. The lowest BCUT2D eigenvalue weighted by Gasteiger charge is -2.15. The predicted molar refractivity (Wildman–Crippen MR) is 92.7 cm³/mol. The van der Waals surface area contributed by atoms with Crippen molar-refractivity contribution in [2.75, 3.05) is 11.9 Å². The van der Waals surface area contributed by atoms with Crippen LogP contribution in [0.5, 0.6) is 5.75 Å². The Hall–Kier alpha value is -3.08. The number of rotatable bonds is 6. The molecule has 2 aromatic rings. The van der Waals surface area contributed by atoms with Gasteiger partial charge in [0.2, 0.25) is 0 Å². The SMILES string of the molecule is C/C=C(\C)COc1cccc(C(=O)O)c1NC(=O)c1ccccc1. The number of nitrogens with one attached hydrogen (secondary N) is 1. The third-order valence-electron chi connectivity index (χ3n) is 3.48. The van der Waals surface area contributed by atoms with Crippen molar-refractivity contribution >= 4 is 17.6 Å². The van der Waals surface area contributed by atoms with Gasteiger partial charge in [-0.25, -0.2) is 4.79 Å². The summed E-state index contributed by atoms with van der Waals surface area (Å²) in [5.74, 6) is -1.20. The largest absolute Gasteiger partial charge is 0.487 e. The Morgan fingerprint density at radius 3 is 2.46 bits per heavy atom. The molecule has 0 radical (unpaired) electrons. The summed E-state index contributed by atoms with van der Waals surface area (Å²) in [6.07, 6.45) is 1.91. The van der Waals surface area contributed by atoms with Gasteiger partial charge >= 0.3 is 5.97 Å². The Kier molecular flexibility index (Phi) is 5.73. The highest BCUT2D eigenvalue weighted by Gasteiger charge is 2.18. The van der Waals surface area contributed by atoms with Crippen LogP contribution in [0.4, 0.5) is 5.69 Å². The minimum atomic E-state index is -1.13. The number of para-hydroxylation sites is 1. The minimum absolute atomic E-state index is 0.0186. The van der Waals surface area contributed by atoms with Gasteiger partial charge in [-0.05, 0) is 43.7 Å². The summed E-state index contributed by atoms with van der Waals surface area (Å²) >= 11 is 0. The van der Waals surface area contributed by atoms with Crippen LogP contribution in [-0.4, -0.2) is 23.6 Å². The third kappa shape index (κ3) is 4.23. The molecule has 0 fully saturated rings. The molecule has 0 atom stereocenters. The first-order chi connectivity index (χ1) is 11.5. The van der Waals surface area contributed by atoms with Crippen molar-refractivity contribution in [2.24, 2.45) is 0 Å². The van der Waals surface area contributed by atoms with Gasteiger partial charge in [-0.3, -0.25) is 4.79 Å². The van der Waals surface area contributed by atoms with Gasteiger partial charge in [0.1, 0.15) is 12.4 Å². The van der Waals surface area contributed by atoms with Gasteiger partial charge in [0, 0.05) is 5.56 Å². The van der Waals surface area contributed by atoms with Crippen molar-refractivity contribution in [1.82, 2.24) is 0 Å². The van der Waals surface area contributed by atoms with Crippen LogP contribution in [0.3, 0.4) is 0 Å². The summed E-state index contributed by atoms with van der Waals surface area (Å²) in [4.78, 5) is 23.8. The van der Waals surface area contributed by atoms with Crippen molar-refractivity contribution < 1.29 is 19.4 Å². The Bertz CT molecular complexity index is 766. The second kappa shape index (κ2) is 7.97. The molecule has 0 saturated carbocycles. The lowest BCUT2D eigenvalue weighted by Crippen LogP contribution is -2.16. The maximum atomic E-state index is 12.4. The molecule has 0 bridgehead atoms. The number of allylic oxidation sites excluding steroid dienone is 1. The van der Waals surface area contributed by atoms with Crippen molar-refractivity contribution in [3.8, 4) is 5.75 Å². The van der Waals surface area contributed by atoms with E-state index in [1.54, 1.807) is 42.5 Å². The highest BCUT2D eigenvalue weighted by atomic mass is 16.5. The van der Waals surface area contributed by atoms with Gasteiger partial charge < -0.3 is 15.2 Å². The van der Waals surface area contributed by atoms with Crippen LogP contribution in [0, 0.1) is 0 Å². The Balaban J connectivity index is 2.34. The van der Waals surface area contributed by atoms with Gasteiger partial charge in [0.15, 0.2) is 0 Å². The lowest BCUT2D eigenvalue weighted by atomic mass is 10.1. The molecule has 2 rings (SSSR count). The smallest absolute Gasteiger partial charge is 0.337 e. The fourth-order valence-corrected chi connectivity index (χ4v) is 2.01. The van der Waals surface area contributed by atoms with E-state index in [1.165, 1.54) is 6.07 Å². The first-order valence-electron chi connectivity index (χ1n) is 7.50. The topological polar surface area (TPSA) is 75.6 Å². The number of ether oxygens (including phenoxy) is 1. The average molecular weight is 325 g/mol. The van der Waals surface area contributed by atoms with Crippen LogP contribution < -0.4 is 10.1 Å². The van der Waals surface area contributed by atoms with E-state index in [2.05, 4.69) is 5.32 Å². The maximum absolute atomic E-state index is 12.4. The average Bonchev–Trinajstić information content (AvgIpc) is 2.60. The zero-order valence-corrected chi connectivity index (χ0v) is 13.6. The first-order valence-corrected chi connectivity index (χ1v) is 7.50. The van der Waals surface area contributed by atoms with Gasteiger partial charge in [0.05, 0.1) is 11.3 Å². The van der Waals surface area contributed by atoms with E-state index in [1.807, 2.05) is 19.9 Å². The molecule has 1 amide bonds. The molecule has 0 aromatic heterocycles. The zero-order chi connectivity index (χ0) is 17.5. The quantitative estimate of drug-likeness (QED) is 0.788. The van der Waals surface area contributed by atoms with Crippen molar-refractivity contribution in [3.63, 3.8) is 0 Å². The minimum Gasteiger partial charge on any atom is -0.487 e. The highest BCUT2D eigenvalue weighted by Crippen LogP contribution is 2.29. The van der Waals surface area contributed by atoms with E-state index >= 15 is 0 Å². The van der Waals surface area contributed by atoms with Gasteiger partial charge in [0.25, 0.3) is 5.91 Å². The summed E-state index contributed by atoms with van der Waals surface area (Å²) in [6, 6.07) is 13.2. The van der Waals surface area contributed by atoms with E-state index in [0.717, 1.165) is 5.57 Å². The van der Waals surface area contributed by atoms with Gasteiger partial charge in [-0.1, -0.05) is 30.3 Å². The van der Waals surface area contributed by atoms with Crippen LogP contribution in [0.1, 0.15) is 34.6 Å². The van der Waals surface area contributed by atoms with E-state index in [0.29, 0.717) is 17.9 Å². The first kappa shape index (κ1) is 17.3. The summed E-state index contributed by atoms with van der Waals surface area (Å²) < 4.78 is 5.67. The second-order valence-electron chi connectivity index (χ2n) is 5.23. The number of anilines is 1. The lowest BCUT2D eigenvalue weighted by molar-refractivity contribution is 0.0697. The molecule has 5 heteroatoms. The van der Waals surface area contributed by atoms with Crippen LogP contribution in [0.15, 0.2) is 60.2 Å². The van der Waals surface area contributed by atoms with Crippen molar-refractivity contribution in [2.45, 2.75) is 13.8 Å². The van der Waals surface area contributed by atoms with Crippen LogP contribution in [0.2, 0.25) is 0 Å². The number of amides is 1. The number of hydrogen-bond acceptors (Lipinski definition) is 3. The molecule has 124 valence electrons. The van der Waals surface area contributed by atoms with Crippen molar-refractivity contribution in [1.29, 1.82) is 0 Å². The molecule has 0 heterocycles. The van der Waals surface area contributed by atoms with E-state index in [9.17, 15) is 14.7 Å². The highest BCUT2D eigenvalue weighted by molar-refractivity contribution is 6.08. The summed E-state index contributed by atoms with van der Waals surface area (Å²) in [5.41, 5.74) is 1.57. The molecule has 0 aliphatic heterocycles. The Morgan fingerprint density at radius 2 is 1.83 bits per heavy atom. The standard InChI is InChI=1S/C19H19NO4/c1-3-13(2)12-24-16-11-7-10-15(19(22)23)17(16)20-18(21)14-8-5-4-6-9-14/h3-11H,12H2,1-2H3,(H,20,21)(H,22,23)/b13-3+.